The minimum absolute atomic E-state index is 0.0135. The van der Waals surface area contributed by atoms with Gasteiger partial charge in [-0.05, 0) is 74.8 Å². The number of hydrogen-bond donors (Lipinski definition) is 0. The molecule has 0 saturated heterocycles. The fraction of sp³-hybridized carbons (Fsp3) is 0.438. The summed E-state index contributed by atoms with van der Waals surface area (Å²) in [6.07, 6.45) is 12.3. The molecule has 4 rings (SSSR count). The summed E-state index contributed by atoms with van der Waals surface area (Å²) < 4.78 is 30.5. The quantitative estimate of drug-likeness (QED) is 0.335. The molecule has 7 heteroatoms. The molecule has 0 N–H and O–H groups in total. The van der Waals surface area contributed by atoms with E-state index in [4.69, 9.17) is 14.2 Å². The Labute approximate surface area is 230 Å². The zero-order valence-electron chi connectivity index (χ0n) is 22.8. The van der Waals surface area contributed by atoms with Crippen molar-refractivity contribution in [3.05, 3.63) is 84.2 Å². The third kappa shape index (κ3) is 7.28. The Kier molecular flexibility index (Phi) is 9.79. The Hall–Kier alpha value is -3.61. The van der Waals surface area contributed by atoms with Crippen molar-refractivity contribution in [2.24, 2.45) is 11.3 Å². The first-order valence-electron chi connectivity index (χ1n) is 13.7. The molecule has 39 heavy (non-hydrogen) atoms. The number of ether oxygens (including phenoxy) is 3. The van der Waals surface area contributed by atoms with Crippen LogP contribution in [0.5, 0.6) is 11.5 Å². The smallest absolute Gasteiger partial charge is 0.317 e. The lowest BCUT2D eigenvalue weighted by Crippen LogP contribution is -2.48. The van der Waals surface area contributed by atoms with Gasteiger partial charge in [-0.2, -0.15) is 0 Å². The number of rotatable bonds is 11. The monoisotopic (exact) mass is 535 g/mol. The number of carbonyl (C=O) groups is 2. The van der Waals surface area contributed by atoms with E-state index in [0.29, 0.717) is 50.1 Å². The highest BCUT2D eigenvalue weighted by Crippen LogP contribution is 2.35. The maximum absolute atomic E-state index is 13.9. The average molecular weight is 536 g/mol. The van der Waals surface area contributed by atoms with Crippen LogP contribution in [0.4, 0.5) is 4.39 Å². The first kappa shape index (κ1) is 28.4. The molecular weight excluding hydrogens is 497 g/mol. The molecule has 2 aromatic rings. The third-order valence-corrected chi connectivity index (χ3v) is 7.69. The van der Waals surface area contributed by atoms with Gasteiger partial charge in [0.25, 0.3) is 0 Å². The second-order valence-electron chi connectivity index (χ2n) is 10.4. The number of benzene rings is 2. The molecule has 208 valence electrons. The number of carbonyl (C=O) groups excluding carboxylic acids is 2. The van der Waals surface area contributed by atoms with Crippen molar-refractivity contribution in [1.29, 1.82) is 0 Å². The maximum atomic E-state index is 13.9. The summed E-state index contributed by atoms with van der Waals surface area (Å²) >= 11 is 0. The molecule has 2 aliphatic carbocycles. The Morgan fingerprint density at radius 2 is 1.77 bits per heavy atom. The number of para-hydroxylation sites is 2. The van der Waals surface area contributed by atoms with Gasteiger partial charge in [-0.1, -0.05) is 48.6 Å². The standard InChI is InChI=1S/C32H38FNO5/c1-37-28-13-4-5-14-29(28)39-27-17-15-25(16-18-27)30(35)34(21-9-11-24-10-8-12-26(33)22-24)23-32(31(36)38-2)19-6-3-7-20-32/h3-8,10,12-14,19,22,25,27H,9,11,15-18,20-21,23H2,1-2H3/t25-,27+,32?. The van der Waals surface area contributed by atoms with Crippen molar-refractivity contribution in [2.75, 3.05) is 27.3 Å². The number of esters is 1. The van der Waals surface area contributed by atoms with Gasteiger partial charge in [-0.25, -0.2) is 4.39 Å². The fourth-order valence-corrected chi connectivity index (χ4v) is 5.56. The molecule has 1 atom stereocenters. The zero-order valence-corrected chi connectivity index (χ0v) is 22.8. The van der Waals surface area contributed by atoms with Crippen molar-refractivity contribution in [2.45, 2.75) is 51.0 Å². The van der Waals surface area contributed by atoms with E-state index < -0.39 is 5.41 Å². The van der Waals surface area contributed by atoms with Gasteiger partial charge in [0.1, 0.15) is 11.2 Å². The SMILES string of the molecule is COC(=O)C1(CN(CCCc2cccc(F)c2)C(=O)[C@H]2CC[C@@H](Oc3ccccc3OC)CC2)C=CC=CC1. The summed E-state index contributed by atoms with van der Waals surface area (Å²) in [5, 5.41) is 0. The van der Waals surface area contributed by atoms with Gasteiger partial charge in [-0.3, -0.25) is 9.59 Å². The van der Waals surface area contributed by atoms with Crippen LogP contribution >= 0.6 is 0 Å². The molecule has 0 aliphatic heterocycles. The van der Waals surface area contributed by atoms with Crippen LogP contribution in [0.1, 0.15) is 44.1 Å². The highest BCUT2D eigenvalue weighted by Gasteiger charge is 2.41. The molecule has 0 heterocycles. The normalized spacial score (nSPS) is 22.2. The molecule has 0 radical (unpaired) electrons. The minimum atomic E-state index is -0.914. The molecule has 0 aromatic heterocycles. The van der Waals surface area contributed by atoms with Crippen LogP contribution in [0.25, 0.3) is 0 Å². The number of allylic oxidation sites excluding steroid dienone is 3. The number of hydrogen-bond acceptors (Lipinski definition) is 5. The molecule has 1 amide bonds. The van der Waals surface area contributed by atoms with E-state index in [2.05, 4.69) is 0 Å². The van der Waals surface area contributed by atoms with Crippen LogP contribution in [0.2, 0.25) is 0 Å². The van der Waals surface area contributed by atoms with Gasteiger partial charge in [0.05, 0.1) is 20.3 Å². The Balaban J connectivity index is 1.43. The van der Waals surface area contributed by atoms with Gasteiger partial charge < -0.3 is 19.1 Å². The molecule has 1 unspecified atom stereocenters. The number of nitrogens with zero attached hydrogens (tertiary/aromatic N) is 1. The molecule has 1 saturated carbocycles. The average Bonchev–Trinajstić information content (AvgIpc) is 2.97. The second kappa shape index (κ2) is 13.5. The van der Waals surface area contributed by atoms with E-state index in [1.165, 1.54) is 19.2 Å². The van der Waals surface area contributed by atoms with E-state index in [1.807, 2.05) is 59.5 Å². The first-order chi connectivity index (χ1) is 18.9. The third-order valence-electron chi connectivity index (χ3n) is 7.69. The van der Waals surface area contributed by atoms with Crippen LogP contribution in [0.3, 0.4) is 0 Å². The molecule has 0 bridgehead atoms. The second-order valence-corrected chi connectivity index (χ2v) is 10.4. The van der Waals surface area contributed by atoms with Crippen molar-refractivity contribution < 1.29 is 28.2 Å². The number of amides is 1. The summed E-state index contributed by atoms with van der Waals surface area (Å²) in [7, 11) is 3.01. The van der Waals surface area contributed by atoms with Gasteiger partial charge >= 0.3 is 5.97 Å². The van der Waals surface area contributed by atoms with Crippen LogP contribution in [-0.4, -0.2) is 50.2 Å². The molecule has 6 nitrogen and oxygen atoms in total. The fourth-order valence-electron chi connectivity index (χ4n) is 5.56. The van der Waals surface area contributed by atoms with E-state index in [-0.39, 0.29) is 36.3 Å². The molecular formula is C32H38FNO5. The summed E-state index contributed by atoms with van der Waals surface area (Å²) in [6.45, 7) is 0.726. The van der Waals surface area contributed by atoms with Gasteiger partial charge in [0.15, 0.2) is 11.5 Å². The lowest BCUT2D eigenvalue weighted by atomic mass is 9.80. The predicted molar refractivity (Wildman–Crippen MR) is 148 cm³/mol. The molecule has 1 fully saturated rings. The Morgan fingerprint density at radius 3 is 2.44 bits per heavy atom. The van der Waals surface area contributed by atoms with Crippen LogP contribution in [0, 0.1) is 17.2 Å². The van der Waals surface area contributed by atoms with E-state index in [0.717, 1.165) is 18.4 Å². The van der Waals surface area contributed by atoms with Gasteiger partial charge in [-0.15, -0.1) is 0 Å². The number of halogens is 1. The van der Waals surface area contributed by atoms with Crippen LogP contribution in [0.15, 0.2) is 72.8 Å². The lowest BCUT2D eigenvalue weighted by Gasteiger charge is -2.37. The van der Waals surface area contributed by atoms with Crippen molar-refractivity contribution in [3.63, 3.8) is 0 Å². The summed E-state index contributed by atoms with van der Waals surface area (Å²) in [6, 6.07) is 14.1. The zero-order chi connectivity index (χ0) is 27.7. The highest BCUT2D eigenvalue weighted by atomic mass is 19.1. The number of aryl methyl sites for hydroxylation is 1. The van der Waals surface area contributed by atoms with Crippen molar-refractivity contribution in [1.82, 2.24) is 4.90 Å². The number of methoxy groups -OCH3 is 2. The first-order valence-corrected chi connectivity index (χ1v) is 13.7. The molecule has 2 aromatic carbocycles. The summed E-state index contributed by atoms with van der Waals surface area (Å²) in [5.41, 5.74) is -0.0260. The Bertz CT molecular complexity index is 1190. The van der Waals surface area contributed by atoms with E-state index in [9.17, 15) is 14.0 Å². The molecule has 0 spiro atoms. The highest BCUT2D eigenvalue weighted by molar-refractivity contribution is 5.83. The maximum Gasteiger partial charge on any atom is 0.317 e. The Morgan fingerprint density at radius 1 is 1.00 bits per heavy atom. The van der Waals surface area contributed by atoms with Crippen molar-refractivity contribution >= 4 is 11.9 Å². The minimum Gasteiger partial charge on any atom is -0.493 e. The van der Waals surface area contributed by atoms with Gasteiger partial charge in [0, 0.05) is 19.0 Å². The van der Waals surface area contributed by atoms with Crippen LogP contribution in [-0.2, 0) is 20.7 Å². The summed E-state index contributed by atoms with van der Waals surface area (Å²) in [5.74, 6) is 0.704. The molecule has 2 aliphatic rings. The predicted octanol–water partition coefficient (Wildman–Crippen LogP) is 5.91. The van der Waals surface area contributed by atoms with Crippen LogP contribution < -0.4 is 9.47 Å². The summed E-state index contributed by atoms with van der Waals surface area (Å²) in [4.78, 5) is 28.6. The van der Waals surface area contributed by atoms with E-state index >= 15 is 0 Å². The largest absolute Gasteiger partial charge is 0.493 e. The van der Waals surface area contributed by atoms with E-state index in [1.54, 1.807) is 13.2 Å². The van der Waals surface area contributed by atoms with Crippen molar-refractivity contribution in [3.8, 4) is 11.5 Å². The lowest BCUT2D eigenvalue weighted by molar-refractivity contribution is -0.152. The van der Waals surface area contributed by atoms with Gasteiger partial charge in [0.2, 0.25) is 5.91 Å². The topological polar surface area (TPSA) is 65.1 Å².